The summed E-state index contributed by atoms with van der Waals surface area (Å²) in [6.07, 6.45) is 0. The molecule has 0 aliphatic carbocycles. The van der Waals surface area contributed by atoms with Crippen LogP contribution in [0.15, 0.2) is 188 Å². The van der Waals surface area contributed by atoms with Gasteiger partial charge in [-0.25, -0.2) is 0 Å². The molecule has 0 N–H and O–H groups in total. The van der Waals surface area contributed by atoms with Crippen LogP contribution in [0.2, 0.25) is 0 Å². The molecule has 8 rings (SSSR count). The minimum Gasteiger partial charge on any atom is -0.311 e. The maximum absolute atomic E-state index is 2.35. The molecular weight excluding hydrogens is 542 g/mol. The lowest BCUT2D eigenvalue weighted by Gasteiger charge is -2.26. The molecule has 0 atom stereocenters. The van der Waals surface area contributed by atoms with E-state index >= 15 is 0 Å². The molecule has 0 saturated heterocycles. The Morgan fingerprint density at radius 3 is 1.42 bits per heavy atom. The third-order valence-electron chi connectivity index (χ3n) is 8.65. The summed E-state index contributed by atoms with van der Waals surface area (Å²) < 4.78 is 0. The summed E-state index contributed by atoms with van der Waals surface area (Å²) in [6, 6.07) is 67.5. The Bertz CT molecular complexity index is 2220. The zero-order valence-electron chi connectivity index (χ0n) is 24.8. The molecule has 0 aliphatic rings. The summed E-state index contributed by atoms with van der Waals surface area (Å²) in [7, 11) is 0. The summed E-state index contributed by atoms with van der Waals surface area (Å²) in [4.78, 5) is 2.32. The Kier molecular flexibility index (Phi) is 6.90. The predicted octanol–water partition coefficient (Wildman–Crippen LogP) is 12.5. The van der Waals surface area contributed by atoms with Gasteiger partial charge in [0.2, 0.25) is 0 Å². The maximum Gasteiger partial charge on any atom is 0.0462 e. The fourth-order valence-corrected chi connectivity index (χ4v) is 6.50. The molecule has 8 aromatic carbocycles. The summed E-state index contributed by atoms with van der Waals surface area (Å²) >= 11 is 0. The lowest BCUT2D eigenvalue weighted by atomic mass is 9.88. The van der Waals surface area contributed by atoms with Gasteiger partial charge in [-0.15, -0.1) is 0 Å². The zero-order valence-corrected chi connectivity index (χ0v) is 24.8. The van der Waals surface area contributed by atoms with Crippen LogP contribution < -0.4 is 4.90 Å². The van der Waals surface area contributed by atoms with E-state index in [4.69, 9.17) is 0 Å². The van der Waals surface area contributed by atoms with Crippen molar-refractivity contribution in [3.05, 3.63) is 188 Å². The van der Waals surface area contributed by atoms with Gasteiger partial charge in [-0.05, 0) is 97.4 Å². The lowest BCUT2D eigenvalue weighted by molar-refractivity contribution is 1.28. The minimum absolute atomic E-state index is 1.12. The fourth-order valence-electron chi connectivity index (χ4n) is 6.50. The number of anilines is 3. The maximum atomic E-state index is 2.35. The van der Waals surface area contributed by atoms with Crippen LogP contribution in [0.1, 0.15) is 0 Å². The molecule has 212 valence electrons. The first-order valence-electron chi connectivity index (χ1n) is 15.4. The molecule has 8 aromatic rings. The van der Waals surface area contributed by atoms with E-state index in [2.05, 4.69) is 193 Å². The van der Waals surface area contributed by atoms with Gasteiger partial charge in [-0.3, -0.25) is 0 Å². The number of benzene rings is 8. The molecule has 0 aromatic heterocycles. The van der Waals surface area contributed by atoms with Gasteiger partial charge in [0.25, 0.3) is 0 Å². The van der Waals surface area contributed by atoms with Gasteiger partial charge in [0.1, 0.15) is 0 Å². The topological polar surface area (TPSA) is 3.24 Å². The summed E-state index contributed by atoms with van der Waals surface area (Å²) in [5.74, 6) is 0. The van der Waals surface area contributed by atoms with E-state index in [1.165, 1.54) is 54.9 Å². The number of nitrogens with zero attached hydrogens (tertiary/aromatic N) is 1. The second-order valence-corrected chi connectivity index (χ2v) is 11.4. The molecule has 0 unspecified atom stereocenters. The molecule has 0 radical (unpaired) electrons. The van der Waals surface area contributed by atoms with Crippen molar-refractivity contribution in [1.29, 1.82) is 0 Å². The molecule has 0 bridgehead atoms. The Morgan fingerprint density at radius 2 is 0.756 bits per heavy atom. The van der Waals surface area contributed by atoms with E-state index in [-0.39, 0.29) is 0 Å². The van der Waals surface area contributed by atoms with Crippen LogP contribution in [0.3, 0.4) is 0 Å². The highest BCUT2D eigenvalue weighted by molar-refractivity contribution is 6.18. The second kappa shape index (κ2) is 11.6. The Morgan fingerprint density at radius 1 is 0.289 bits per heavy atom. The predicted molar refractivity (Wildman–Crippen MR) is 192 cm³/mol. The third-order valence-corrected chi connectivity index (χ3v) is 8.65. The van der Waals surface area contributed by atoms with Crippen molar-refractivity contribution in [1.82, 2.24) is 0 Å². The molecule has 0 amide bonds. The molecule has 0 heterocycles. The minimum atomic E-state index is 1.12. The number of hydrogen-bond donors (Lipinski definition) is 0. The first-order chi connectivity index (χ1) is 22.3. The Hall–Kier alpha value is -5.92. The summed E-state index contributed by atoms with van der Waals surface area (Å²) in [6.45, 7) is 0. The molecule has 45 heavy (non-hydrogen) atoms. The van der Waals surface area contributed by atoms with Crippen LogP contribution in [0.4, 0.5) is 17.1 Å². The van der Waals surface area contributed by atoms with Gasteiger partial charge in [-0.2, -0.15) is 0 Å². The van der Waals surface area contributed by atoms with Crippen molar-refractivity contribution in [2.24, 2.45) is 0 Å². The highest BCUT2D eigenvalue weighted by Crippen LogP contribution is 2.42. The van der Waals surface area contributed by atoms with Crippen LogP contribution in [-0.4, -0.2) is 0 Å². The van der Waals surface area contributed by atoms with Gasteiger partial charge in [-0.1, -0.05) is 146 Å². The van der Waals surface area contributed by atoms with Crippen molar-refractivity contribution in [2.45, 2.75) is 0 Å². The molecule has 0 aliphatic heterocycles. The lowest BCUT2D eigenvalue weighted by Crippen LogP contribution is -2.09. The summed E-state index contributed by atoms with van der Waals surface area (Å²) in [5, 5.41) is 5.09. The Balaban J connectivity index is 1.25. The molecule has 1 heteroatoms. The quantitative estimate of drug-likeness (QED) is 0.179. The van der Waals surface area contributed by atoms with E-state index < -0.39 is 0 Å². The van der Waals surface area contributed by atoms with Crippen molar-refractivity contribution < 1.29 is 0 Å². The van der Waals surface area contributed by atoms with Gasteiger partial charge in [0.15, 0.2) is 0 Å². The van der Waals surface area contributed by atoms with Crippen molar-refractivity contribution in [2.75, 3.05) is 4.90 Å². The smallest absolute Gasteiger partial charge is 0.0462 e. The van der Waals surface area contributed by atoms with Gasteiger partial charge >= 0.3 is 0 Å². The normalized spacial score (nSPS) is 11.1. The molecule has 0 fully saturated rings. The van der Waals surface area contributed by atoms with Crippen molar-refractivity contribution in [3.8, 4) is 33.4 Å². The molecule has 1 nitrogen and oxygen atoms in total. The summed E-state index contributed by atoms with van der Waals surface area (Å²) in [5.41, 5.74) is 10.7. The van der Waals surface area contributed by atoms with E-state index in [1.807, 2.05) is 0 Å². The van der Waals surface area contributed by atoms with Crippen molar-refractivity contribution >= 4 is 38.6 Å². The van der Waals surface area contributed by atoms with E-state index in [1.54, 1.807) is 0 Å². The fraction of sp³-hybridized carbons (Fsp3) is 0. The van der Waals surface area contributed by atoms with Gasteiger partial charge < -0.3 is 4.90 Å². The van der Waals surface area contributed by atoms with Crippen LogP contribution in [-0.2, 0) is 0 Å². The average molecular weight is 574 g/mol. The van der Waals surface area contributed by atoms with Crippen LogP contribution in [0.25, 0.3) is 54.9 Å². The Labute approximate surface area is 264 Å². The second-order valence-electron chi connectivity index (χ2n) is 11.4. The van der Waals surface area contributed by atoms with Crippen molar-refractivity contribution in [3.63, 3.8) is 0 Å². The standard InChI is InChI=1S/C44H31N/c1-4-13-32(14-5-1)33-23-27-38(28-24-33)45(37-18-8-3-9-19-37)39-29-25-35(26-30-39)41-21-12-22-42-40-20-11-10-17-36(40)31-43(44(41)42)34-15-6-2-7-16-34/h1-31H. The number of para-hydroxylation sites is 1. The molecule has 0 saturated carbocycles. The monoisotopic (exact) mass is 573 g/mol. The van der Waals surface area contributed by atoms with Gasteiger partial charge in [0, 0.05) is 17.1 Å². The van der Waals surface area contributed by atoms with E-state index in [0.717, 1.165) is 17.1 Å². The highest BCUT2D eigenvalue weighted by Gasteiger charge is 2.16. The third kappa shape index (κ3) is 5.05. The zero-order chi connectivity index (χ0) is 30.0. The molecule has 0 spiro atoms. The largest absolute Gasteiger partial charge is 0.311 e. The van der Waals surface area contributed by atoms with E-state index in [9.17, 15) is 0 Å². The number of rotatable bonds is 6. The van der Waals surface area contributed by atoms with Gasteiger partial charge in [0.05, 0.1) is 0 Å². The van der Waals surface area contributed by atoms with Crippen LogP contribution in [0.5, 0.6) is 0 Å². The average Bonchev–Trinajstić information content (AvgIpc) is 3.13. The first-order valence-corrected chi connectivity index (χ1v) is 15.4. The first kappa shape index (κ1) is 26.7. The van der Waals surface area contributed by atoms with Crippen LogP contribution in [0, 0.1) is 0 Å². The highest BCUT2D eigenvalue weighted by atomic mass is 15.1. The van der Waals surface area contributed by atoms with Crippen LogP contribution >= 0.6 is 0 Å². The van der Waals surface area contributed by atoms with E-state index in [0.29, 0.717) is 0 Å². The SMILES string of the molecule is c1ccc(-c2ccc(N(c3ccccc3)c3ccc(-c4cccc5c4c(-c4ccccc4)cc4ccccc45)cc3)cc2)cc1. The number of fused-ring (bicyclic) bond motifs is 3. The number of hydrogen-bond acceptors (Lipinski definition) is 1. The molecular formula is C44H31N.